The summed E-state index contributed by atoms with van der Waals surface area (Å²) in [6.07, 6.45) is 11.8. The highest BCUT2D eigenvalue weighted by molar-refractivity contribution is 9.09. The van der Waals surface area contributed by atoms with Gasteiger partial charge >= 0.3 is 0 Å². The smallest absolute Gasteiger partial charge is 0.223 e. The molecule has 1 amide bonds. The molecule has 2 saturated heterocycles. The van der Waals surface area contributed by atoms with Crippen molar-refractivity contribution in [3.8, 4) is 0 Å². The Morgan fingerprint density at radius 1 is 1.11 bits per heavy atom. The fourth-order valence-electron chi connectivity index (χ4n) is 3.53. The molecule has 18 heavy (non-hydrogen) atoms. The number of hydrogen-bond acceptors (Lipinski definition) is 1. The zero-order valence-electron chi connectivity index (χ0n) is 11.5. The molecule has 0 aromatic carbocycles. The lowest BCUT2D eigenvalue weighted by molar-refractivity contribution is -0.135. The third-order valence-corrected chi connectivity index (χ3v) is 5.21. The van der Waals surface area contributed by atoms with Gasteiger partial charge in [-0.15, -0.1) is 0 Å². The fourth-order valence-corrected chi connectivity index (χ4v) is 4.39. The topological polar surface area (TPSA) is 20.3 Å². The summed E-state index contributed by atoms with van der Waals surface area (Å²) >= 11 is 3.73. The lowest BCUT2D eigenvalue weighted by atomic mass is 10.0. The van der Waals surface area contributed by atoms with Crippen LogP contribution in [0, 0.1) is 0 Å². The van der Waals surface area contributed by atoms with E-state index in [1.54, 1.807) is 0 Å². The first-order valence-electron chi connectivity index (χ1n) is 7.67. The Balaban J connectivity index is 1.73. The first-order valence-corrected chi connectivity index (χ1v) is 8.59. The number of nitrogens with zero attached hydrogens (tertiary/aromatic N) is 1. The lowest BCUT2D eigenvalue weighted by Crippen LogP contribution is -2.46. The Hall–Kier alpha value is -0.0500. The van der Waals surface area contributed by atoms with Gasteiger partial charge in [-0.1, -0.05) is 48.5 Å². The molecule has 2 unspecified atom stereocenters. The van der Waals surface area contributed by atoms with Gasteiger partial charge in [0.2, 0.25) is 5.91 Å². The molecule has 2 atom stereocenters. The van der Waals surface area contributed by atoms with Crippen molar-refractivity contribution in [2.45, 2.75) is 88.0 Å². The molecule has 0 aromatic heterocycles. The van der Waals surface area contributed by atoms with E-state index in [0.29, 0.717) is 22.8 Å². The molecule has 2 rings (SSSR count). The van der Waals surface area contributed by atoms with Crippen molar-refractivity contribution in [3.63, 3.8) is 0 Å². The number of alkyl halides is 1. The van der Waals surface area contributed by atoms with E-state index in [1.807, 2.05) is 0 Å². The van der Waals surface area contributed by atoms with Gasteiger partial charge in [-0.05, 0) is 32.1 Å². The average Bonchev–Trinajstić information content (AvgIpc) is 2.61. The van der Waals surface area contributed by atoms with Gasteiger partial charge in [0.25, 0.3) is 0 Å². The van der Waals surface area contributed by atoms with Crippen molar-refractivity contribution in [2.75, 3.05) is 0 Å². The van der Waals surface area contributed by atoms with Crippen molar-refractivity contribution in [1.82, 2.24) is 4.90 Å². The normalized spacial score (nSPS) is 30.8. The van der Waals surface area contributed by atoms with E-state index in [2.05, 4.69) is 27.8 Å². The number of piperidine rings is 1. The molecule has 2 heterocycles. The predicted molar refractivity (Wildman–Crippen MR) is 79.0 cm³/mol. The Kier molecular flexibility index (Phi) is 5.53. The van der Waals surface area contributed by atoms with Gasteiger partial charge in [0.05, 0.1) is 0 Å². The second-order valence-electron chi connectivity index (χ2n) is 5.92. The van der Waals surface area contributed by atoms with E-state index in [0.717, 1.165) is 25.7 Å². The maximum atomic E-state index is 12.3. The molecule has 0 aromatic rings. The van der Waals surface area contributed by atoms with E-state index >= 15 is 0 Å². The van der Waals surface area contributed by atoms with Crippen LogP contribution >= 0.6 is 15.9 Å². The predicted octanol–water partition coefficient (Wildman–Crippen LogP) is 4.26. The zero-order valence-corrected chi connectivity index (χ0v) is 13.1. The summed E-state index contributed by atoms with van der Waals surface area (Å²) in [5.74, 6) is 0.429. The molecular weight excluding hydrogens is 290 g/mol. The number of rotatable bonds is 6. The summed E-state index contributed by atoms with van der Waals surface area (Å²) in [5.41, 5.74) is 0. The van der Waals surface area contributed by atoms with Crippen molar-refractivity contribution in [2.24, 2.45) is 0 Å². The van der Waals surface area contributed by atoms with Gasteiger partial charge in [-0.3, -0.25) is 4.79 Å². The Labute approximate surface area is 120 Å². The summed E-state index contributed by atoms with van der Waals surface area (Å²) in [4.78, 5) is 15.2. The molecule has 2 aliphatic heterocycles. The molecule has 0 N–H and O–H groups in total. The highest BCUT2D eigenvalue weighted by Gasteiger charge is 2.41. The van der Waals surface area contributed by atoms with Crippen LogP contribution in [0.15, 0.2) is 0 Å². The summed E-state index contributed by atoms with van der Waals surface area (Å²) in [6, 6.07) is 1.08. The number of halogens is 1. The van der Waals surface area contributed by atoms with E-state index in [9.17, 15) is 4.79 Å². The van der Waals surface area contributed by atoms with Crippen molar-refractivity contribution in [1.29, 1.82) is 0 Å². The van der Waals surface area contributed by atoms with Gasteiger partial charge in [0, 0.05) is 23.3 Å². The molecule has 0 spiro atoms. The van der Waals surface area contributed by atoms with Crippen LogP contribution in [0.5, 0.6) is 0 Å². The minimum absolute atomic E-state index is 0.429. The van der Waals surface area contributed by atoms with E-state index < -0.39 is 0 Å². The SMILES string of the molecule is CCCCCCCC(=O)N1C2CCC1CC(Br)C2. The Morgan fingerprint density at radius 3 is 2.33 bits per heavy atom. The Bertz CT molecular complexity index is 268. The van der Waals surface area contributed by atoms with Gasteiger partial charge in [-0.25, -0.2) is 0 Å². The Morgan fingerprint density at radius 2 is 1.72 bits per heavy atom. The maximum Gasteiger partial charge on any atom is 0.223 e. The van der Waals surface area contributed by atoms with Crippen LogP contribution in [0.25, 0.3) is 0 Å². The minimum Gasteiger partial charge on any atom is -0.337 e. The number of carbonyl (C=O) groups excluding carboxylic acids is 1. The number of hydrogen-bond donors (Lipinski definition) is 0. The van der Waals surface area contributed by atoms with Crippen molar-refractivity contribution >= 4 is 21.8 Å². The van der Waals surface area contributed by atoms with Crippen molar-refractivity contribution < 1.29 is 4.79 Å². The largest absolute Gasteiger partial charge is 0.337 e. The highest BCUT2D eigenvalue weighted by atomic mass is 79.9. The van der Waals surface area contributed by atoms with Crippen LogP contribution < -0.4 is 0 Å². The second kappa shape index (κ2) is 6.93. The van der Waals surface area contributed by atoms with Crippen LogP contribution in [0.3, 0.4) is 0 Å². The third kappa shape index (κ3) is 3.49. The summed E-state index contributed by atoms with van der Waals surface area (Å²) in [6.45, 7) is 2.23. The maximum absolute atomic E-state index is 12.3. The molecular formula is C15H26BrNO. The van der Waals surface area contributed by atoms with Crippen LogP contribution in [0.2, 0.25) is 0 Å². The van der Waals surface area contributed by atoms with Gasteiger partial charge in [-0.2, -0.15) is 0 Å². The highest BCUT2D eigenvalue weighted by Crippen LogP contribution is 2.38. The molecule has 2 nitrogen and oxygen atoms in total. The average molecular weight is 316 g/mol. The van der Waals surface area contributed by atoms with Crippen LogP contribution in [-0.4, -0.2) is 27.7 Å². The van der Waals surface area contributed by atoms with Crippen molar-refractivity contribution in [3.05, 3.63) is 0 Å². The molecule has 0 aliphatic carbocycles. The molecule has 2 aliphatic rings. The zero-order chi connectivity index (χ0) is 13.0. The lowest BCUT2D eigenvalue weighted by Gasteiger charge is -2.37. The van der Waals surface area contributed by atoms with E-state index in [1.165, 1.54) is 38.5 Å². The first-order chi connectivity index (χ1) is 8.72. The fraction of sp³-hybridized carbons (Fsp3) is 0.933. The summed E-state index contributed by atoms with van der Waals surface area (Å²) in [7, 11) is 0. The van der Waals surface area contributed by atoms with Gasteiger partial charge in [0.15, 0.2) is 0 Å². The van der Waals surface area contributed by atoms with Crippen LogP contribution in [-0.2, 0) is 4.79 Å². The number of carbonyl (C=O) groups is 1. The molecule has 3 heteroatoms. The minimum atomic E-state index is 0.429. The molecule has 0 radical (unpaired) electrons. The monoisotopic (exact) mass is 315 g/mol. The summed E-state index contributed by atoms with van der Waals surface area (Å²) < 4.78 is 0. The van der Waals surface area contributed by atoms with Gasteiger partial charge < -0.3 is 4.90 Å². The third-order valence-electron chi connectivity index (χ3n) is 4.46. The van der Waals surface area contributed by atoms with Crippen LogP contribution in [0.1, 0.15) is 71.1 Å². The second-order valence-corrected chi connectivity index (χ2v) is 7.21. The quantitative estimate of drug-likeness (QED) is 0.529. The first kappa shape index (κ1) is 14.4. The number of fused-ring (bicyclic) bond motifs is 2. The van der Waals surface area contributed by atoms with E-state index in [-0.39, 0.29) is 0 Å². The molecule has 2 bridgehead atoms. The van der Waals surface area contributed by atoms with Crippen LogP contribution in [0.4, 0.5) is 0 Å². The summed E-state index contributed by atoms with van der Waals surface area (Å²) in [5, 5.41) is 0. The van der Waals surface area contributed by atoms with Gasteiger partial charge in [0.1, 0.15) is 0 Å². The van der Waals surface area contributed by atoms with E-state index in [4.69, 9.17) is 0 Å². The standard InChI is InChI=1S/C15H26BrNO/c1-2-3-4-5-6-7-15(18)17-13-8-9-14(17)11-12(16)10-13/h12-14H,2-11H2,1H3. The number of unbranched alkanes of at least 4 members (excludes halogenated alkanes) is 4. The molecule has 2 fully saturated rings. The number of amides is 1. The molecule has 104 valence electrons. The molecule has 0 saturated carbocycles.